The first-order chi connectivity index (χ1) is 10.2. The van der Waals surface area contributed by atoms with E-state index in [1.807, 2.05) is 0 Å². The summed E-state index contributed by atoms with van der Waals surface area (Å²) < 4.78 is 37.9. The van der Waals surface area contributed by atoms with Crippen LogP contribution in [0.25, 0.3) is 0 Å². The number of benzene rings is 2. The van der Waals surface area contributed by atoms with Gasteiger partial charge in [-0.1, -0.05) is 17.7 Å². The molecule has 0 aliphatic carbocycles. The van der Waals surface area contributed by atoms with E-state index in [0.29, 0.717) is 21.7 Å². The molecule has 0 fully saturated rings. The maximum Gasteiger partial charge on any atom is 0.416 e. The van der Waals surface area contributed by atoms with Gasteiger partial charge in [0, 0.05) is 16.8 Å². The van der Waals surface area contributed by atoms with Crippen molar-refractivity contribution in [1.29, 1.82) is 0 Å². The lowest BCUT2D eigenvalue weighted by Gasteiger charge is -2.09. The fraction of sp³-hybridized carbons (Fsp3) is 0.188. The van der Waals surface area contributed by atoms with Crippen LogP contribution >= 0.6 is 11.6 Å². The molecule has 0 saturated carbocycles. The number of phenolic OH excluding ortho intramolecular Hbond substituents is 1. The maximum atomic E-state index is 12.6. The SMILES string of the molecule is Cc1cc(O)c(C=Nc2cccc(C(F)(F)F)c2)c(C)c1Cl. The summed E-state index contributed by atoms with van der Waals surface area (Å²) in [4.78, 5) is 4.00. The lowest BCUT2D eigenvalue weighted by molar-refractivity contribution is -0.137. The predicted molar refractivity (Wildman–Crippen MR) is 81.3 cm³/mol. The molecule has 2 aromatic carbocycles. The molecule has 22 heavy (non-hydrogen) atoms. The molecular formula is C16H13ClF3NO. The first kappa shape index (κ1) is 16.4. The molecule has 6 heteroatoms. The Morgan fingerprint density at radius 2 is 1.86 bits per heavy atom. The van der Waals surface area contributed by atoms with E-state index in [-0.39, 0.29) is 11.4 Å². The van der Waals surface area contributed by atoms with Crippen molar-refractivity contribution in [1.82, 2.24) is 0 Å². The summed E-state index contributed by atoms with van der Waals surface area (Å²) in [5.41, 5.74) is 1.09. The summed E-state index contributed by atoms with van der Waals surface area (Å²) >= 11 is 6.10. The predicted octanol–water partition coefficient (Wildman–Crippen LogP) is 5.43. The molecule has 0 heterocycles. The molecule has 2 aromatic rings. The van der Waals surface area contributed by atoms with Crippen LogP contribution in [0.2, 0.25) is 5.02 Å². The Bertz CT molecular complexity index is 739. The zero-order valence-corrected chi connectivity index (χ0v) is 12.6. The molecule has 2 nitrogen and oxygen atoms in total. The Labute approximate surface area is 130 Å². The third kappa shape index (κ3) is 3.42. The van der Waals surface area contributed by atoms with Crippen molar-refractivity contribution < 1.29 is 18.3 Å². The molecular weight excluding hydrogens is 315 g/mol. The van der Waals surface area contributed by atoms with E-state index >= 15 is 0 Å². The van der Waals surface area contributed by atoms with E-state index in [9.17, 15) is 18.3 Å². The van der Waals surface area contributed by atoms with Crippen molar-refractivity contribution in [2.24, 2.45) is 4.99 Å². The number of rotatable bonds is 2. The topological polar surface area (TPSA) is 32.6 Å². The molecule has 2 rings (SSSR count). The Hall–Kier alpha value is -2.01. The molecule has 0 unspecified atom stereocenters. The van der Waals surface area contributed by atoms with E-state index in [1.54, 1.807) is 13.8 Å². The lowest BCUT2D eigenvalue weighted by Crippen LogP contribution is -2.03. The molecule has 0 aromatic heterocycles. The Balaban J connectivity index is 2.40. The zero-order valence-electron chi connectivity index (χ0n) is 11.9. The number of alkyl halides is 3. The highest BCUT2D eigenvalue weighted by Crippen LogP contribution is 2.32. The van der Waals surface area contributed by atoms with Gasteiger partial charge in [0.2, 0.25) is 0 Å². The average molecular weight is 328 g/mol. The van der Waals surface area contributed by atoms with Crippen molar-refractivity contribution in [3.8, 4) is 5.75 Å². The van der Waals surface area contributed by atoms with Gasteiger partial charge in [0.25, 0.3) is 0 Å². The van der Waals surface area contributed by atoms with Crippen LogP contribution in [0.15, 0.2) is 35.3 Å². The summed E-state index contributed by atoms with van der Waals surface area (Å²) in [6.45, 7) is 3.46. The van der Waals surface area contributed by atoms with E-state index in [1.165, 1.54) is 24.4 Å². The molecule has 0 saturated heterocycles. The highest BCUT2D eigenvalue weighted by atomic mass is 35.5. The van der Waals surface area contributed by atoms with Crippen molar-refractivity contribution in [2.75, 3.05) is 0 Å². The van der Waals surface area contributed by atoms with Crippen LogP contribution in [0.3, 0.4) is 0 Å². The van der Waals surface area contributed by atoms with Gasteiger partial charge < -0.3 is 5.11 Å². The molecule has 0 radical (unpaired) electrons. The van der Waals surface area contributed by atoms with E-state index in [2.05, 4.69) is 4.99 Å². The second-order valence-corrected chi connectivity index (χ2v) is 5.25. The first-order valence-electron chi connectivity index (χ1n) is 6.40. The van der Waals surface area contributed by atoms with Crippen molar-refractivity contribution in [2.45, 2.75) is 20.0 Å². The lowest BCUT2D eigenvalue weighted by atomic mass is 10.0. The van der Waals surface area contributed by atoms with Crippen molar-refractivity contribution >= 4 is 23.5 Å². The second-order valence-electron chi connectivity index (χ2n) is 4.87. The third-order valence-electron chi connectivity index (χ3n) is 3.22. The monoisotopic (exact) mass is 327 g/mol. The number of phenols is 1. The van der Waals surface area contributed by atoms with Crippen LogP contribution < -0.4 is 0 Å². The first-order valence-corrected chi connectivity index (χ1v) is 6.78. The molecule has 0 atom stereocenters. The number of nitrogens with zero attached hydrogens (tertiary/aromatic N) is 1. The normalized spacial score (nSPS) is 12.1. The molecule has 116 valence electrons. The summed E-state index contributed by atoms with van der Waals surface area (Å²) in [6.07, 6.45) is -3.11. The van der Waals surface area contributed by atoms with Crippen LogP contribution in [0.1, 0.15) is 22.3 Å². The van der Waals surface area contributed by atoms with Gasteiger partial charge in [-0.3, -0.25) is 4.99 Å². The average Bonchev–Trinajstić information content (AvgIpc) is 2.44. The van der Waals surface area contributed by atoms with Gasteiger partial charge >= 0.3 is 6.18 Å². The number of hydrogen-bond donors (Lipinski definition) is 1. The van der Waals surface area contributed by atoms with Crippen molar-refractivity contribution in [3.05, 3.63) is 57.6 Å². The minimum Gasteiger partial charge on any atom is -0.507 e. The third-order valence-corrected chi connectivity index (χ3v) is 3.81. The van der Waals surface area contributed by atoms with Crippen LogP contribution in [0.4, 0.5) is 18.9 Å². The number of aromatic hydroxyl groups is 1. The van der Waals surface area contributed by atoms with Gasteiger partial charge in [0.15, 0.2) is 0 Å². The molecule has 0 bridgehead atoms. The Morgan fingerprint density at radius 1 is 1.18 bits per heavy atom. The maximum absolute atomic E-state index is 12.6. The van der Waals surface area contributed by atoms with Gasteiger partial charge in [0.05, 0.1) is 11.3 Å². The highest BCUT2D eigenvalue weighted by Gasteiger charge is 2.30. The quantitative estimate of drug-likeness (QED) is 0.733. The summed E-state index contributed by atoms with van der Waals surface area (Å²) in [6, 6.07) is 6.14. The van der Waals surface area contributed by atoms with E-state index in [4.69, 9.17) is 11.6 Å². The minimum atomic E-state index is -4.42. The smallest absolute Gasteiger partial charge is 0.416 e. The number of hydrogen-bond acceptors (Lipinski definition) is 2. The van der Waals surface area contributed by atoms with Crippen molar-refractivity contribution in [3.63, 3.8) is 0 Å². The Morgan fingerprint density at radius 3 is 2.50 bits per heavy atom. The second kappa shape index (κ2) is 6.01. The van der Waals surface area contributed by atoms with Gasteiger partial charge in [-0.25, -0.2) is 0 Å². The number of aliphatic imine (C=N–C) groups is 1. The number of aryl methyl sites for hydroxylation is 1. The molecule has 0 aliphatic rings. The van der Waals surface area contributed by atoms with Gasteiger partial charge in [-0.15, -0.1) is 0 Å². The minimum absolute atomic E-state index is 0.0184. The molecule has 0 aliphatic heterocycles. The number of halogens is 4. The van der Waals surface area contributed by atoms with Gasteiger partial charge in [-0.05, 0) is 49.2 Å². The van der Waals surface area contributed by atoms with E-state index in [0.717, 1.165) is 12.1 Å². The summed E-state index contributed by atoms with van der Waals surface area (Å²) in [5, 5.41) is 10.4. The summed E-state index contributed by atoms with van der Waals surface area (Å²) in [7, 11) is 0. The largest absolute Gasteiger partial charge is 0.507 e. The fourth-order valence-corrected chi connectivity index (χ4v) is 2.17. The molecule has 0 amide bonds. The van der Waals surface area contributed by atoms with Crippen LogP contribution in [-0.2, 0) is 6.18 Å². The van der Waals surface area contributed by atoms with Crippen LogP contribution in [0, 0.1) is 13.8 Å². The summed E-state index contributed by atoms with van der Waals surface area (Å²) in [5.74, 6) is -0.0184. The standard InChI is InChI=1S/C16H13ClF3NO/c1-9-6-14(22)13(10(2)15(9)17)8-21-12-5-3-4-11(7-12)16(18,19)20/h3-8,22H,1-2H3. The fourth-order valence-electron chi connectivity index (χ4n) is 2.02. The van der Waals surface area contributed by atoms with Gasteiger partial charge in [-0.2, -0.15) is 13.2 Å². The molecule has 1 N–H and O–H groups in total. The van der Waals surface area contributed by atoms with E-state index < -0.39 is 11.7 Å². The van der Waals surface area contributed by atoms with Gasteiger partial charge in [0.1, 0.15) is 5.75 Å². The Kier molecular flexibility index (Phi) is 4.47. The zero-order chi connectivity index (χ0) is 16.5. The highest BCUT2D eigenvalue weighted by molar-refractivity contribution is 6.32. The van der Waals surface area contributed by atoms with Crippen LogP contribution in [-0.4, -0.2) is 11.3 Å². The van der Waals surface area contributed by atoms with Crippen LogP contribution in [0.5, 0.6) is 5.75 Å². The molecule has 0 spiro atoms.